The largest absolute Gasteiger partial charge is 0.494 e. The molecule has 1 aromatic heterocycles. The molecule has 3 fully saturated rings. The van der Waals surface area contributed by atoms with Crippen LogP contribution in [0.2, 0.25) is 5.02 Å². The number of piperidine rings is 1. The summed E-state index contributed by atoms with van der Waals surface area (Å²) < 4.78 is 46.6. The summed E-state index contributed by atoms with van der Waals surface area (Å²) >= 11 is 5.86. The Bertz CT molecular complexity index is 1660. The number of fused-ring (bicyclic) bond motifs is 2. The van der Waals surface area contributed by atoms with Gasteiger partial charge < -0.3 is 19.9 Å². The SMILES string of the molecule is C=CC(=O)N1c2cc(Nc3cc(N4OCC[C@@H]4c4ccc(Cl)c(C(F)(F)F)c4)ncn3)c(OC)cc2N2CCC(CC2)C12CC2. The third-order valence-electron chi connectivity index (χ3n) is 9.46. The van der Waals surface area contributed by atoms with Gasteiger partial charge >= 0.3 is 6.18 Å². The van der Waals surface area contributed by atoms with Crippen LogP contribution in [0, 0.1) is 5.92 Å². The monoisotopic (exact) mass is 640 g/mol. The highest BCUT2D eigenvalue weighted by Crippen LogP contribution is 2.57. The molecule has 2 saturated heterocycles. The van der Waals surface area contributed by atoms with E-state index in [0.717, 1.165) is 56.2 Å². The van der Waals surface area contributed by atoms with Crippen LogP contribution in [0.4, 0.5) is 41.9 Å². The number of aromatic nitrogens is 2. The second-order valence-corrected chi connectivity index (χ2v) is 12.3. The Labute approximate surface area is 263 Å². The first kappa shape index (κ1) is 29.7. The van der Waals surface area contributed by atoms with E-state index in [2.05, 4.69) is 26.8 Å². The second kappa shape index (κ2) is 11.1. The fraction of sp³-hybridized carbons (Fsp3) is 0.406. The van der Waals surface area contributed by atoms with Gasteiger partial charge in [0.25, 0.3) is 5.91 Å². The summed E-state index contributed by atoms with van der Waals surface area (Å²) in [6.45, 7) is 5.92. The third kappa shape index (κ3) is 5.13. The number of halogens is 4. The molecule has 5 aliphatic rings. The number of ether oxygens (including phenoxy) is 1. The molecule has 1 atom stereocenters. The van der Waals surface area contributed by atoms with E-state index in [1.807, 2.05) is 17.0 Å². The van der Waals surface area contributed by atoms with Crippen LogP contribution in [0.5, 0.6) is 5.75 Å². The molecule has 1 saturated carbocycles. The molecule has 13 heteroatoms. The standard InChI is InChI=1S/C32H32ClF3N6O3/c1-3-30(43)41-26-15-23(27(44-2)16-25(26)40-11-6-20(7-12-40)31(41)9-10-31)39-28-17-29(38-18-37-28)42-24(8-13-45-42)19-4-5-22(33)21(14-19)32(34,35)36/h3-5,14-18,20,24H,1,6-13H2,2H3,(H,37,38,39)/t24-/m1/s1. The van der Waals surface area contributed by atoms with Crippen LogP contribution in [-0.4, -0.2) is 48.2 Å². The molecule has 1 spiro atoms. The summed E-state index contributed by atoms with van der Waals surface area (Å²) in [4.78, 5) is 32.3. The van der Waals surface area contributed by atoms with Crippen molar-refractivity contribution < 1.29 is 27.5 Å². The van der Waals surface area contributed by atoms with Crippen LogP contribution in [0.1, 0.15) is 49.3 Å². The Kier molecular flexibility index (Phi) is 7.31. The number of methoxy groups -OCH3 is 1. The number of carbonyl (C=O) groups is 1. The normalized spacial score (nSPS) is 20.6. The number of hydrogen-bond donors (Lipinski definition) is 1. The Hall–Kier alpha value is -4.03. The summed E-state index contributed by atoms with van der Waals surface area (Å²) in [5.74, 6) is 1.65. The number of alkyl halides is 3. The Morgan fingerprint density at radius 1 is 1.13 bits per heavy atom. The van der Waals surface area contributed by atoms with Crippen LogP contribution in [-0.2, 0) is 15.8 Å². The lowest BCUT2D eigenvalue weighted by atomic mass is 9.83. The maximum atomic E-state index is 13.6. The fourth-order valence-electron chi connectivity index (χ4n) is 7.17. The van der Waals surface area contributed by atoms with Gasteiger partial charge in [-0.15, -0.1) is 0 Å². The van der Waals surface area contributed by atoms with Crippen molar-refractivity contribution in [3.8, 4) is 5.75 Å². The van der Waals surface area contributed by atoms with E-state index in [1.54, 1.807) is 19.2 Å². The predicted octanol–water partition coefficient (Wildman–Crippen LogP) is 7.07. The van der Waals surface area contributed by atoms with Gasteiger partial charge in [-0.1, -0.05) is 24.2 Å². The predicted molar refractivity (Wildman–Crippen MR) is 165 cm³/mol. The van der Waals surface area contributed by atoms with Gasteiger partial charge in [0.1, 0.15) is 17.9 Å². The van der Waals surface area contributed by atoms with Gasteiger partial charge in [0.05, 0.1) is 52.9 Å². The number of benzene rings is 2. The van der Waals surface area contributed by atoms with E-state index >= 15 is 0 Å². The number of amides is 1. The topological polar surface area (TPSA) is 83.1 Å². The summed E-state index contributed by atoms with van der Waals surface area (Å²) in [7, 11) is 1.59. The lowest BCUT2D eigenvalue weighted by Gasteiger charge is -2.47. The quantitative estimate of drug-likeness (QED) is 0.287. The maximum absolute atomic E-state index is 13.6. The Balaban J connectivity index is 1.23. The first-order valence-corrected chi connectivity index (χ1v) is 15.3. The van der Waals surface area contributed by atoms with E-state index in [4.69, 9.17) is 21.2 Å². The number of rotatable bonds is 6. The average molecular weight is 641 g/mol. The van der Waals surface area contributed by atoms with Crippen molar-refractivity contribution in [3.63, 3.8) is 0 Å². The first-order chi connectivity index (χ1) is 21.6. The van der Waals surface area contributed by atoms with Crippen molar-refractivity contribution in [3.05, 3.63) is 71.5 Å². The lowest BCUT2D eigenvalue weighted by molar-refractivity contribution is -0.137. The zero-order valence-electron chi connectivity index (χ0n) is 24.6. The molecule has 5 heterocycles. The van der Waals surface area contributed by atoms with Gasteiger partial charge in [0.2, 0.25) is 0 Å². The minimum absolute atomic E-state index is 0.129. The van der Waals surface area contributed by atoms with Crippen LogP contribution in [0.25, 0.3) is 0 Å². The van der Waals surface area contributed by atoms with Crippen molar-refractivity contribution in [2.75, 3.05) is 47.0 Å². The minimum Gasteiger partial charge on any atom is -0.494 e. The van der Waals surface area contributed by atoms with Gasteiger partial charge in [-0.25, -0.2) is 15.0 Å². The molecule has 45 heavy (non-hydrogen) atoms. The molecule has 3 aromatic rings. The van der Waals surface area contributed by atoms with E-state index in [0.29, 0.717) is 47.6 Å². The molecule has 1 aliphatic carbocycles. The van der Waals surface area contributed by atoms with Crippen LogP contribution in [0.3, 0.4) is 0 Å². The van der Waals surface area contributed by atoms with Crippen molar-refractivity contribution in [1.82, 2.24) is 9.97 Å². The average Bonchev–Trinajstić information content (AvgIpc) is 3.68. The molecule has 4 aliphatic heterocycles. The molecule has 2 aromatic carbocycles. The van der Waals surface area contributed by atoms with E-state index in [1.165, 1.54) is 23.5 Å². The highest BCUT2D eigenvalue weighted by atomic mass is 35.5. The molecule has 1 N–H and O–H groups in total. The molecule has 2 bridgehead atoms. The van der Waals surface area contributed by atoms with Gasteiger partial charge in [-0.3, -0.25) is 9.63 Å². The molecule has 1 amide bonds. The number of nitrogens with zero attached hydrogens (tertiary/aromatic N) is 5. The first-order valence-electron chi connectivity index (χ1n) is 14.9. The van der Waals surface area contributed by atoms with Gasteiger partial charge in [-0.2, -0.15) is 13.2 Å². The van der Waals surface area contributed by atoms with Gasteiger partial charge in [0.15, 0.2) is 5.82 Å². The number of hydrogen-bond acceptors (Lipinski definition) is 8. The molecular formula is C32H32ClF3N6O3. The van der Waals surface area contributed by atoms with E-state index < -0.39 is 17.8 Å². The molecule has 0 radical (unpaired) electrons. The van der Waals surface area contributed by atoms with E-state index in [9.17, 15) is 18.0 Å². The van der Waals surface area contributed by atoms with Crippen molar-refractivity contribution >= 4 is 46.2 Å². The fourth-order valence-corrected chi connectivity index (χ4v) is 7.39. The lowest BCUT2D eigenvalue weighted by Crippen LogP contribution is -2.53. The number of hydroxylamine groups is 1. The summed E-state index contributed by atoms with van der Waals surface area (Å²) in [5, 5.41) is 4.47. The summed E-state index contributed by atoms with van der Waals surface area (Å²) in [6, 6.07) is 8.92. The van der Waals surface area contributed by atoms with Crippen LogP contribution < -0.4 is 24.9 Å². The number of nitrogens with one attached hydrogen (secondary N) is 1. The van der Waals surface area contributed by atoms with Crippen LogP contribution in [0.15, 0.2) is 55.4 Å². The van der Waals surface area contributed by atoms with Crippen molar-refractivity contribution in [2.24, 2.45) is 5.92 Å². The van der Waals surface area contributed by atoms with Crippen LogP contribution >= 0.6 is 11.6 Å². The zero-order chi connectivity index (χ0) is 31.5. The Morgan fingerprint density at radius 3 is 2.60 bits per heavy atom. The van der Waals surface area contributed by atoms with Crippen molar-refractivity contribution in [1.29, 1.82) is 0 Å². The molecular weight excluding hydrogens is 609 g/mol. The van der Waals surface area contributed by atoms with Gasteiger partial charge in [0, 0.05) is 31.6 Å². The number of carbonyl (C=O) groups excluding carboxylic acids is 1. The molecule has 236 valence electrons. The zero-order valence-corrected chi connectivity index (χ0v) is 25.4. The molecule has 0 unspecified atom stereocenters. The second-order valence-electron chi connectivity index (χ2n) is 11.9. The molecule has 8 rings (SSSR count). The summed E-state index contributed by atoms with van der Waals surface area (Å²) in [6.07, 6.45) is 2.57. The van der Waals surface area contributed by atoms with E-state index in [-0.39, 0.29) is 16.5 Å². The highest BCUT2D eigenvalue weighted by Gasteiger charge is 2.57. The summed E-state index contributed by atoms with van der Waals surface area (Å²) in [5.41, 5.74) is 1.64. The van der Waals surface area contributed by atoms with Gasteiger partial charge in [-0.05, 0) is 61.4 Å². The smallest absolute Gasteiger partial charge is 0.417 e. The number of anilines is 5. The Morgan fingerprint density at radius 2 is 1.91 bits per heavy atom. The maximum Gasteiger partial charge on any atom is 0.417 e. The molecule has 9 nitrogen and oxygen atoms in total. The minimum atomic E-state index is -4.59. The van der Waals surface area contributed by atoms with Crippen molar-refractivity contribution in [2.45, 2.75) is 49.9 Å². The highest BCUT2D eigenvalue weighted by molar-refractivity contribution is 6.31. The third-order valence-corrected chi connectivity index (χ3v) is 9.79.